The van der Waals surface area contributed by atoms with Crippen molar-refractivity contribution in [3.8, 4) is 0 Å². The molecule has 1 fully saturated rings. The molecule has 0 aromatic heterocycles. The lowest BCUT2D eigenvalue weighted by molar-refractivity contribution is -0.115. The van der Waals surface area contributed by atoms with Gasteiger partial charge in [-0.2, -0.15) is 0 Å². The summed E-state index contributed by atoms with van der Waals surface area (Å²) in [4.78, 5) is 0. The largest absolute Gasteiger partial charge is 0.380 e. The first kappa shape index (κ1) is 10.8. The minimum absolute atomic E-state index is 0.0929. The maximum Gasteiger partial charge on any atom is 0.250 e. The van der Waals surface area contributed by atoms with E-state index in [-0.39, 0.29) is 18.9 Å². The van der Waals surface area contributed by atoms with E-state index in [2.05, 4.69) is 0 Å². The van der Waals surface area contributed by atoms with Gasteiger partial charge in [0.25, 0.3) is 5.92 Å². The van der Waals surface area contributed by atoms with Gasteiger partial charge in [0.05, 0.1) is 12.1 Å². The fourth-order valence-electron chi connectivity index (χ4n) is 1.78. The molecule has 13 heavy (non-hydrogen) atoms. The van der Waals surface area contributed by atoms with Crippen LogP contribution < -0.4 is 5.84 Å². The Hall–Kier alpha value is -0.260. The van der Waals surface area contributed by atoms with Crippen molar-refractivity contribution in [3.05, 3.63) is 0 Å². The van der Waals surface area contributed by atoms with Crippen LogP contribution in [0.1, 0.15) is 19.3 Å². The van der Waals surface area contributed by atoms with E-state index in [4.69, 9.17) is 10.6 Å². The van der Waals surface area contributed by atoms with Crippen molar-refractivity contribution in [1.82, 2.24) is 5.01 Å². The topological polar surface area (TPSA) is 38.5 Å². The lowest BCUT2D eigenvalue weighted by atomic mass is 9.89. The smallest absolute Gasteiger partial charge is 0.250 e. The third kappa shape index (κ3) is 2.59. The quantitative estimate of drug-likeness (QED) is 0.526. The van der Waals surface area contributed by atoms with E-state index < -0.39 is 12.0 Å². The lowest BCUT2D eigenvalue weighted by Gasteiger charge is -2.38. The highest BCUT2D eigenvalue weighted by Crippen LogP contribution is 2.35. The first-order valence-corrected chi connectivity index (χ1v) is 4.34. The molecule has 2 N–H and O–H groups in total. The average Bonchev–Trinajstić information content (AvgIpc) is 2.01. The first-order chi connectivity index (χ1) is 5.96. The molecule has 0 spiro atoms. The molecule has 1 aliphatic carbocycles. The lowest BCUT2D eigenvalue weighted by Crippen LogP contribution is -2.51. The van der Waals surface area contributed by atoms with Crippen LogP contribution in [0.3, 0.4) is 0 Å². The molecule has 0 heterocycles. The van der Waals surface area contributed by atoms with Crippen LogP contribution in [0, 0.1) is 0 Å². The second-order valence-electron chi connectivity index (χ2n) is 3.61. The molecule has 0 aromatic rings. The van der Waals surface area contributed by atoms with Gasteiger partial charge in [-0.15, -0.1) is 0 Å². The minimum atomic E-state index is -2.59. The van der Waals surface area contributed by atoms with Gasteiger partial charge in [-0.25, -0.2) is 13.8 Å². The van der Waals surface area contributed by atoms with Crippen LogP contribution in [0.5, 0.6) is 0 Å². The zero-order chi connectivity index (χ0) is 10.1. The summed E-state index contributed by atoms with van der Waals surface area (Å²) in [5.41, 5.74) is 0. The maximum absolute atomic E-state index is 12.9. The highest BCUT2D eigenvalue weighted by atomic mass is 19.3. The Balaban J connectivity index is 2.61. The van der Waals surface area contributed by atoms with Crippen LogP contribution in [0.25, 0.3) is 0 Å². The zero-order valence-corrected chi connectivity index (χ0v) is 7.96. The monoisotopic (exact) mass is 194 g/mol. The fraction of sp³-hybridized carbons (Fsp3) is 1.00. The molecule has 0 radical (unpaired) electrons. The zero-order valence-electron chi connectivity index (χ0n) is 7.96. The van der Waals surface area contributed by atoms with Gasteiger partial charge in [0.15, 0.2) is 0 Å². The van der Waals surface area contributed by atoms with E-state index in [0.29, 0.717) is 6.42 Å². The molecule has 3 nitrogen and oxygen atoms in total. The number of nitrogens with two attached hydrogens (primary N) is 1. The number of ether oxygens (including phenoxy) is 1. The van der Waals surface area contributed by atoms with E-state index in [1.807, 2.05) is 0 Å². The third-order valence-corrected chi connectivity index (χ3v) is 2.56. The van der Waals surface area contributed by atoms with Crippen molar-refractivity contribution in [2.45, 2.75) is 37.3 Å². The Morgan fingerprint density at radius 3 is 2.62 bits per heavy atom. The van der Waals surface area contributed by atoms with Gasteiger partial charge in [0.1, 0.15) is 0 Å². The molecule has 0 saturated heterocycles. The molecular formula is C8H16F2N2O. The van der Waals surface area contributed by atoms with E-state index in [1.165, 1.54) is 12.1 Å². The molecule has 1 saturated carbocycles. The van der Waals surface area contributed by atoms with Crippen LogP contribution in [-0.4, -0.2) is 37.2 Å². The summed E-state index contributed by atoms with van der Waals surface area (Å²) in [6.07, 6.45) is -0.397. The number of hydrazine groups is 1. The predicted molar refractivity (Wildman–Crippen MR) is 45.3 cm³/mol. The van der Waals surface area contributed by atoms with Gasteiger partial charge < -0.3 is 4.74 Å². The SMILES string of the molecule is COC1CC(F)(F)CCC1N(C)N. The first-order valence-electron chi connectivity index (χ1n) is 4.34. The summed E-state index contributed by atoms with van der Waals surface area (Å²) in [5, 5.41) is 1.46. The van der Waals surface area contributed by atoms with Crippen molar-refractivity contribution in [2.24, 2.45) is 5.84 Å². The molecule has 0 aliphatic heterocycles. The highest BCUT2D eigenvalue weighted by Gasteiger charge is 2.42. The molecule has 5 heteroatoms. The molecule has 0 bridgehead atoms. The van der Waals surface area contributed by atoms with Crippen LogP contribution in [0.4, 0.5) is 8.78 Å². The normalized spacial score (nSPS) is 33.7. The summed E-state index contributed by atoms with van der Waals surface area (Å²) in [6, 6.07) is -0.0929. The summed E-state index contributed by atoms with van der Waals surface area (Å²) in [6.45, 7) is 0. The highest BCUT2D eigenvalue weighted by molar-refractivity contribution is 4.88. The Bertz CT molecular complexity index is 176. The Labute approximate surface area is 76.8 Å². The van der Waals surface area contributed by atoms with Crippen LogP contribution in [-0.2, 0) is 4.74 Å². The van der Waals surface area contributed by atoms with E-state index >= 15 is 0 Å². The number of methoxy groups -OCH3 is 1. The Kier molecular flexibility index (Phi) is 3.21. The second-order valence-corrected chi connectivity index (χ2v) is 3.61. The maximum atomic E-state index is 12.9. The van der Waals surface area contributed by atoms with Gasteiger partial charge in [0, 0.05) is 27.0 Å². The van der Waals surface area contributed by atoms with Crippen molar-refractivity contribution >= 4 is 0 Å². The average molecular weight is 194 g/mol. The molecule has 2 atom stereocenters. The number of hydrogen-bond donors (Lipinski definition) is 1. The van der Waals surface area contributed by atoms with Crippen LogP contribution in [0.15, 0.2) is 0 Å². The van der Waals surface area contributed by atoms with E-state index in [0.717, 1.165) is 0 Å². The van der Waals surface area contributed by atoms with Crippen molar-refractivity contribution in [2.75, 3.05) is 14.2 Å². The number of rotatable bonds is 2. The number of alkyl halides is 2. The Morgan fingerprint density at radius 1 is 1.54 bits per heavy atom. The summed E-state index contributed by atoms with van der Waals surface area (Å²) >= 11 is 0. The van der Waals surface area contributed by atoms with E-state index in [9.17, 15) is 8.78 Å². The van der Waals surface area contributed by atoms with E-state index in [1.54, 1.807) is 7.05 Å². The fourth-order valence-corrected chi connectivity index (χ4v) is 1.78. The summed E-state index contributed by atoms with van der Waals surface area (Å²) < 4.78 is 30.9. The molecule has 2 unspecified atom stereocenters. The number of halogens is 2. The molecule has 0 aromatic carbocycles. The van der Waals surface area contributed by atoms with Gasteiger partial charge in [-0.1, -0.05) is 0 Å². The summed E-state index contributed by atoms with van der Waals surface area (Å²) in [7, 11) is 3.13. The van der Waals surface area contributed by atoms with Gasteiger partial charge in [-0.05, 0) is 6.42 Å². The number of hydrogen-bond acceptors (Lipinski definition) is 3. The molecule has 1 aliphatic rings. The van der Waals surface area contributed by atoms with Crippen molar-refractivity contribution in [1.29, 1.82) is 0 Å². The molecule has 78 valence electrons. The molecule has 1 rings (SSSR count). The van der Waals surface area contributed by atoms with Gasteiger partial charge >= 0.3 is 0 Å². The van der Waals surface area contributed by atoms with Gasteiger partial charge in [0.2, 0.25) is 0 Å². The van der Waals surface area contributed by atoms with Crippen LogP contribution >= 0.6 is 0 Å². The second kappa shape index (κ2) is 3.86. The number of nitrogens with zero attached hydrogens (tertiary/aromatic N) is 1. The van der Waals surface area contributed by atoms with Gasteiger partial charge in [-0.3, -0.25) is 5.84 Å². The number of likely N-dealkylation sites (N-methyl/N-ethyl adjacent to an activating group) is 1. The van der Waals surface area contributed by atoms with Crippen LogP contribution in [0.2, 0.25) is 0 Å². The standard InChI is InChI=1S/C8H16F2N2O/c1-12(11)6-3-4-8(9,10)5-7(6)13-2/h6-7H,3-5,11H2,1-2H3. The molecule has 0 amide bonds. The van der Waals surface area contributed by atoms with Crippen molar-refractivity contribution < 1.29 is 13.5 Å². The minimum Gasteiger partial charge on any atom is -0.380 e. The van der Waals surface area contributed by atoms with Crippen molar-refractivity contribution in [3.63, 3.8) is 0 Å². The Morgan fingerprint density at radius 2 is 2.15 bits per heavy atom. The third-order valence-electron chi connectivity index (χ3n) is 2.56. The summed E-state index contributed by atoms with van der Waals surface area (Å²) in [5.74, 6) is 2.94. The molecular weight excluding hydrogens is 178 g/mol. The predicted octanol–water partition coefficient (Wildman–Crippen LogP) is 0.995.